The normalized spacial score (nSPS) is 23.6. The number of fused-ring (bicyclic) bond motifs is 6. The van der Waals surface area contributed by atoms with Crippen molar-refractivity contribution in [3.05, 3.63) is 41.5 Å². The lowest BCUT2D eigenvalue weighted by molar-refractivity contribution is -0.149. The van der Waals surface area contributed by atoms with Gasteiger partial charge < -0.3 is 28.6 Å². The van der Waals surface area contributed by atoms with Crippen LogP contribution < -0.4 is 23.7 Å². The Morgan fingerprint density at radius 2 is 1.74 bits per heavy atom. The third kappa shape index (κ3) is 3.80. The average molecular weight is 486 g/mol. The number of methoxy groups -OCH3 is 4. The molecule has 2 bridgehead atoms. The number of piperazine rings is 1. The van der Waals surface area contributed by atoms with Crippen molar-refractivity contribution in [2.24, 2.45) is 0 Å². The maximum atomic E-state index is 13.6. The van der Waals surface area contributed by atoms with E-state index in [2.05, 4.69) is 26.1 Å². The topological polar surface area (TPSA) is 72.5 Å². The monoisotopic (exact) mass is 485 g/mol. The van der Waals surface area contributed by atoms with Crippen molar-refractivity contribution in [3.63, 3.8) is 0 Å². The number of rotatable bonds is 7. The summed E-state index contributed by atoms with van der Waals surface area (Å²) in [6.45, 7) is 0.759. The average Bonchev–Trinajstić information content (AvgIpc) is 2.88. The van der Waals surface area contributed by atoms with Crippen LogP contribution in [0.4, 0.5) is 5.69 Å². The summed E-state index contributed by atoms with van der Waals surface area (Å²) in [6, 6.07) is 10.2. The summed E-state index contributed by atoms with van der Waals surface area (Å²) in [7, 11) is 6.49. The highest BCUT2D eigenvalue weighted by Crippen LogP contribution is 2.48. The molecule has 1 amide bonds. The summed E-state index contributed by atoms with van der Waals surface area (Å²) in [5.41, 5.74) is 3.34. The Balaban J connectivity index is 1.43. The number of ether oxygens (including phenoxy) is 4. The summed E-state index contributed by atoms with van der Waals surface area (Å²) in [4.78, 5) is 15.7. The molecule has 2 aromatic carbocycles. The molecule has 8 nitrogen and oxygen atoms in total. The fourth-order valence-electron chi connectivity index (χ4n) is 5.53. The molecule has 34 heavy (non-hydrogen) atoms. The van der Waals surface area contributed by atoms with E-state index in [0.717, 1.165) is 43.7 Å². The van der Waals surface area contributed by atoms with Crippen LogP contribution in [0, 0.1) is 0 Å². The van der Waals surface area contributed by atoms with Crippen LogP contribution in [0.5, 0.6) is 23.0 Å². The molecular formula is C25H31N3O5S. The fraction of sp³-hybridized carbons (Fsp3) is 0.480. The molecule has 1 N–H and O–H groups in total. The van der Waals surface area contributed by atoms with Crippen LogP contribution in [0.2, 0.25) is 0 Å². The van der Waals surface area contributed by atoms with Crippen molar-refractivity contribution in [3.8, 4) is 23.0 Å². The molecule has 3 aliphatic rings. The van der Waals surface area contributed by atoms with Gasteiger partial charge in [0.1, 0.15) is 11.8 Å². The molecule has 3 heterocycles. The number of amides is 1. The van der Waals surface area contributed by atoms with Gasteiger partial charge in [0.25, 0.3) is 0 Å². The zero-order valence-electron chi connectivity index (χ0n) is 20.0. The smallest absolute Gasteiger partial charge is 0.241 e. The van der Waals surface area contributed by atoms with Gasteiger partial charge >= 0.3 is 0 Å². The molecule has 0 saturated carbocycles. The lowest BCUT2D eigenvalue weighted by Gasteiger charge is -2.54. The lowest BCUT2D eigenvalue weighted by Crippen LogP contribution is -2.64. The van der Waals surface area contributed by atoms with Crippen molar-refractivity contribution >= 4 is 23.7 Å². The zero-order valence-corrected chi connectivity index (χ0v) is 20.8. The Morgan fingerprint density at radius 3 is 2.41 bits per heavy atom. The molecular weight excluding hydrogens is 454 g/mol. The molecule has 0 spiro atoms. The second kappa shape index (κ2) is 9.46. The van der Waals surface area contributed by atoms with E-state index >= 15 is 0 Å². The molecule has 0 aromatic heterocycles. The minimum absolute atomic E-state index is 0.0490. The summed E-state index contributed by atoms with van der Waals surface area (Å²) >= 11 is 1.50. The van der Waals surface area contributed by atoms with Crippen molar-refractivity contribution < 1.29 is 23.7 Å². The van der Waals surface area contributed by atoms with Gasteiger partial charge in [0.2, 0.25) is 11.7 Å². The quantitative estimate of drug-likeness (QED) is 0.589. The van der Waals surface area contributed by atoms with E-state index in [1.807, 2.05) is 18.2 Å². The second-order valence-electron chi connectivity index (χ2n) is 8.77. The van der Waals surface area contributed by atoms with E-state index in [9.17, 15) is 4.79 Å². The van der Waals surface area contributed by atoms with Crippen LogP contribution in [-0.2, 0) is 11.2 Å². The maximum absolute atomic E-state index is 13.6. The van der Waals surface area contributed by atoms with E-state index in [-0.39, 0.29) is 24.0 Å². The Morgan fingerprint density at radius 1 is 0.971 bits per heavy atom. The SMILES string of the molecule is COc1ccc2c(c1)CCN1C(=O)C3CCCC(C21)N3SNc1cc(OC)c(OC)c(OC)c1. The van der Waals surface area contributed by atoms with Crippen LogP contribution in [0.3, 0.4) is 0 Å². The van der Waals surface area contributed by atoms with Gasteiger partial charge in [-0.25, -0.2) is 4.31 Å². The summed E-state index contributed by atoms with van der Waals surface area (Å²) in [5.74, 6) is 2.81. The van der Waals surface area contributed by atoms with Gasteiger partial charge in [-0.2, -0.15) is 0 Å². The van der Waals surface area contributed by atoms with Gasteiger partial charge in [-0.3, -0.25) is 4.79 Å². The fourth-order valence-corrected chi connectivity index (χ4v) is 6.54. The Kier molecular flexibility index (Phi) is 6.40. The number of anilines is 1. The first-order valence-electron chi connectivity index (χ1n) is 11.6. The molecule has 3 unspecified atom stereocenters. The number of hydrogen-bond donors (Lipinski definition) is 1. The minimum Gasteiger partial charge on any atom is -0.497 e. The number of benzene rings is 2. The van der Waals surface area contributed by atoms with Crippen LogP contribution in [0.25, 0.3) is 0 Å². The summed E-state index contributed by atoms with van der Waals surface area (Å²) in [5, 5.41) is 0. The number of hydrogen-bond acceptors (Lipinski definition) is 8. The standard InChI is InChI=1S/C25H31N3O5S/c1-30-17-8-9-18-15(12-17)10-11-27-23(18)19-6-5-7-20(25(27)29)28(19)34-26-16-13-21(31-2)24(33-4)22(14-16)32-3/h8-9,12-14,19-20,23,26H,5-7,10-11H2,1-4H3. The van der Waals surface area contributed by atoms with Crippen LogP contribution in [0.1, 0.15) is 36.4 Å². The van der Waals surface area contributed by atoms with Gasteiger partial charge in [0.05, 0.1) is 40.2 Å². The number of nitrogens with one attached hydrogen (secondary N) is 1. The van der Waals surface area contributed by atoms with Gasteiger partial charge in [-0.15, -0.1) is 0 Å². The predicted octanol–water partition coefficient (Wildman–Crippen LogP) is 4.06. The number of piperidine rings is 1. The maximum Gasteiger partial charge on any atom is 0.241 e. The highest BCUT2D eigenvalue weighted by Gasteiger charge is 2.51. The van der Waals surface area contributed by atoms with Gasteiger partial charge in [0, 0.05) is 36.9 Å². The van der Waals surface area contributed by atoms with Crippen molar-refractivity contribution in [2.45, 2.75) is 43.8 Å². The number of carbonyl (C=O) groups excluding carboxylic acids is 1. The van der Waals surface area contributed by atoms with E-state index < -0.39 is 0 Å². The van der Waals surface area contributed by atoms with Gasteiger partial charge in [-0.1, -0.05) is 6.07 Å². The van der Waals surface area contributed by atoms with E-state index in [0.29, 0.717) is 17.2 Å². The third-order valence-corrected chi connectivity index (χ3v) is 8.17. The molecule has 3 atom stereocenters. The summed E-state index contributed by atoms with van der Waals surface area (Å²) < 4.78 is 27.6. The number of nitrogens with zero attached hydrogens (tertiary/aromatic N) is 2. The van der Waals surface area contributed by atoms with Gasteiger partial charge in [-0.05, 0) is 48.9 Å². The van der Waals surface area contributed by atoms with Crippen LogP contribution in [0.15, 0.2) is 30.3 Å². The first-order chi connectivity index (χ1) is 16.6. The van der Waals surface area contributed by atoms with E-state index in [4.69, 9.17) is 18.9 Å². The first kappa shape index (κ1) is 23.0. The molecule has 2 saturated heterocycles. The van der Waals surface area contributed by atoms with Crippen LogP contribution >= 0.6 is 12.1 Å². The van der Waals surface area contributed by atoms with Crippen molar-refractivity contribution in [1.29, 1.82) is 0 Å². The molecule has 5 rings (SSSR count). The molecule has 182 valence electrons. The Labute approximate surface area is 204 Å². The molecule has 0 radical (unpaired) electrons. The van der Waals surface area contributed by atoms with E-state index in [1.165, 1.54) is 23.3 Å². The highest BCUT2D eigenvalue weighted by molar-refractivity contribution is 7.98. The van der Waals surface area contributed by atoms with E-state index in [1.54, 1.807) is 28.4 Å². The summed E-state index contributed by atoms with van der Waals surface area (Å²) in [6.07, 6.45) is 3.83. The number of carbonyl (C=O) groups is 1. The molecule has 3 aliphatic heterocycles. The second-order valence-corrected chi connectivity index (χ2v) is 9.58. The van der Waals surface area contributed by atoms with Gasteiger partial charge in [0.15, 0.2) is 11.5 Å². The van der Waals surface area contributed by atoms with Crippen molar-refractivity contribution in [1.82, 2.24) is 9.21 Å². The minimum atomic E-state index is -0.130. The Hall–Kier alpha value is -2.78. The van der Waals surface area contributed by atoms with Crippen LogP contribution in [-0.4, -0.2) is 62.2 Å². The van der Waals surface area contributed by atoms with Crippen molar-refractivity contribution in [2.75, 3.05) is 39.7 Å². The highest BCUT2D eigenvalue weighted by atomic mass is 32.2. The predicted molar refractivity (Wildman–Crippen MR) is 132 cm³/mol. The third-order valence-electron chi connectivity index (χ3n) is 7.10. The molecule has 2 aromatic rings. The molecule has 9 heteroatoms. The lowest BCUT2D eigenvalue weighted by atomic mass is 9.80. The largest absolute Gasteiger partial charge is 0.497 e. The Bertz CT molecular complexity index is 1060. The molecule has 2 fully saturated rings. The molecule has 0 aliphatic carbocycles. The zero-order chi connectivity index (χ0) is 23.8. The first-order valence-corrected chi connectivity index (χ1v) is 12.4.